The van der Waals surface area contributed by atoms with Crippen LogP contribution in [0, 0.1) is 12.8 Å². The summed E-state index contributed by atoms with van der Waals surface area (Å²) in [5.41, 5.74) is 2.01. The van der Waals surface area contributed by atoms with Crippen molar-refractivity contribution in [2.24, 2.45) is 5.92 Å². The van der Waals surface area contributed by atoms with Crippen molar-refractivity contribution in [1.82, 2.24) is 0 Å². The predicted octanol–water partition coefficient (Wildman–Crippen LogP) is 2.03. The molecule has 0 aliphatic carbocycles. The molecular formula is C15H18O6. The first-order valence-corrected chi connectivity index (χ1v) is 6.69. The molecule has 1 heterocycles. The molecule has 0 aromatic heterocycles. The molecule has 0 saturated heterocycles. The molecule has 0 radical (unpaired) electrons. The summed E-state index contributed by atoms with van der Waals surface area (Å²) in [4.78, 5) is 22.6. The third-order valence-electron chi connectivity index (χ3n) is 3.90. The quantitative estimate of drug-likeness (QED) is 0.807. The maximum Gasteiger partial charge on any atom is 0.342 e. The molecule has 2 rings (SSSR count). The highest BCUT2D eigenvalue weighted by molar-refractivity contribution is 5.98. The number of rotatable bonds is 5. The van der Waals surface area contributed by atoms with E-state index in [9.17, 15) is 14.7 Å². The van der Waals surface area contributed by atoms with E-state index in [0.29, 0.717) is 29.7 Å². The van der Waals surface area contributed by atoms with E-state index in [1.807, 2.05) is 0 Å². The van der Waals surface area contributed by atoms with Crippen LogP contribution in [0.1, 0.15) is 40.4 Å². The van der Waals surface area contributed by atoms with Crippen LogP contribution >= 0.6 is 0 Å². The topological polar surface area (TPSA) is 93.1 Å². The molecule has 114 valence electrons. The number of carboxylic acid groups (broad SMARTS) is 1. The minimum absolute atomic E-state index is 0.121. The summed E-state index contributed by atoms with van der Waals surface area (Å²) in [7, 11) is 1.48. The summed E-state index contributed by atoms with van der Waals surface area (Å²) in [6.45, 7) is 3.51. The van der Waals surface area contributed by atoms with Crippen molar-refractivity contribution in [3.63, 3.8) is 0 Å². The van der Waals surface area contributed by atoms with Gasteiger partial charge in [0.05, 0.1) is 13.0 Å². The molecule has 6 heteroatoms. The van der Waals surface area contributed by atoms with Crippen LogP contribution in [0.5, 0.6) is 11.5 Å². The van der Waals surface area contributed by atoms with Gasteiger partial charge in [-0.3, -0.25) is 4.79 Å². The zero-order valence-electron chi connectivity index (χ0n) is 12.2. The first-order chi connectivity index (χ1) is 9.88. The van der Waals surface area contributed by atoms with E-state index in [-0.39, 0.29) is 17.9 Å². The van der Waals surface area contributed by atoms with Gasteiger partial charge in [-0.2, -0.15) is 0 Å². The van der Waals surface area contributed by atoms with Crippen molar-refractivity contribution in [3.8, 4) is 11.5 Å². The molecular weight excluding hydrogens is 276 g/mol. The van der Waals surface area contributed by atoms with E-state index in [4.69, 9.17) is 14.6 Å². The molecule has 1 aromatic rings. The van der Waals surface area contributed by atoms with Crippen molar-refractivity contribution in [2.75, 3.05) is 7.11 Å². The van der Waals surface area contributed by atoms with E-state index >= 15 is 0 Å². The van der Waals surface area contributed by atoms with Gasteiger partial charge in [0.1, 0.15) is 23.7 Å². The second-order valence-corrected chi connectivity index (χ2v) is 5.19. The number of carbonyl (C=O) groups excluding carboxylic acids is 1. The maximum atomic E-state index is 11.7. The fraction of sp³-hybridized carbons (Fsp3) is 0.467. The van der Waals surface area contributed by atoms with Crippen molar-refractivity contribution in [3.05, 3.63) is 22.3 Å². The van der Waals surface area contributed by atoms with Gasteiger partial charge >= 0.3 is 11.9 Å². The maximum absolute atomic E-state index is 11.7. The summed E-state index contributed by atoms with van der Waals surface area (Å²) in [6, 6.07) is 0. The number of phenolic OH excluding ortho intramolecular Hbond substituents is 1. The number of carboxylic acids is 1. The number of aromatic hydroxyl groups is 1. The van der Waals surface area contributed by atoms with Crippen molar-refractivity contribution >= 4 is 11.9 Å². The highest BCUT2D eigenvalue weighted by atomic mass is 16.5. The van der Waals surface area contributed by atoms with Crippen LogP contribution in [-0.2, 0) is 22.6 Å². The Hall–Kier alpha value is -2.24. The monoisotopic (exact) mass is 294 g/mol. The van der Waals surface area contributed by atoms with Crippen LogP contribution in [0.25, 0.3) is 0 Å². The average molecular weight is 294 g/mol. The number of fused-ring (bicyclic) bond motifs is 1. The van der Waals surface area contributed by atoms with Crippen LogP contribution in [0.15, 0.2) is 0 Å². The zero-order valence-corrected chi connectivity index (χ0v) is 12.2. The number of ether oxygens (including phenoxy) is 2. The largest absolute Gasteiger partial charge is 0.507 e. The normalized spacial score (nSPS) is 14.5. The van der Waals surface area contributed by atoms with E-state index in [1.165, 1.54) is 7.11 Å². The van der Waals surface area contributed by atoms with Crippen molar-refractivity contribution in [1.29, 1.82) is 0 Å². The Morgan fingerprint density at radius 1 is 1.48 bits per heavy atom. The lowest BCUT2D eigenvalue weighted by Gasteiger charge is -2.17. The molecule has 1 atom stereocenters. The van der Waals surface area contributed by atoms with Crippen molar-refractivity contribution < 1.29 is 29.3 Å². The number of esters is 1. The molecule has 0 spiro atoms. The minimum atomic E-state index is -0.897. The highest BCUT2D eigenvalue weighted by Gasteiger charge is 2.32. The smallest absolute Gasteiger partial charge is 0.342 e. The third kappa shape index (κ3) is 2.53. The second-order valence-electron chi connectivity index (χ2n) is 5.19. The molecule has 1 aliphatic heterocycles. The molecule has 0 bridgehead atoms. The number of methoxy groups -OCH3 is 1. The molecule has 6 nitrogen and oxygen atoms in total. The van der Waals surface area contributed by atoms with Crippen LogP contribution in [0.3, 0.4) is 0 Å². The third-order valence-corrected chi connectivity index (χ3v) is 3.90. The Morgan fingerprint density at radius 3 is 2.71 bits per heavy atom. The van der Waals surface area contributed by atoms with Gasteiger partial charge in [-0.05, 0) is 25.3 Å². The molecule has 0 saturated carbocycles. The molecule has 21 heavy (non-hydrogen) atoms. The van der Waals surface area contributed by atoms with Crippen LogP contribution in [0.4, 0.5) is 0 Å². The standard InChI is InChI=1S/C15H18O6/c1-7(14(17)18)4-5-9-12(16)11-10(6-21-15(11)19)8(2)13(9)20-3/h7,16H,4-6H2,1-3H3,(H,17,18). The van der Waals surface area contributed by atoms with Crippen molar-refractivity contribution in [2.45, 2.75) is 33.3 Å². The van der Waals surface area contributed by atoms with Gasteiger partial charge in [-0.1, -0.05) is 6.92 Å². The van der Waals surface area contributed by atoms with Crippen LogP contribution < -0.4 is 4.74 Å². The molecule has 1 unspecified atom stereocenters. The summed E-state index contributed by atoms with van der Waals surface area (Å²) in [5.74, 6) is -1.67. The SMILES string of the molecule is COc1c(C)c2c(c(O)c1CCC(C)C(=O)O)C(=O)OC2. The Morgan fingerprint density at radius 2 is 2.14 bits per heavy atom. The number of phenols is 1. The Balaban J connectivity index is 2.45. The number of hydrogen-bond donors (Lipinski definition) is 2. The van der Waals surface area contributed by atoms with Gasteiger partial charge < -0.3 is 19.7 Å². The summed E-state index contributed by atoms with van der Waals surface area (Å²) < 4.78 is 10.3. The first-order valence-electron chi connectivity index (χ1n) is 6.69. The van der Waals surface area contributed by atoms with Gasteiger partial charge in [-0.25, -0.2) is 4.79 Å². The number of carbonyl (C=O) groups is 2. The second kappa shape index (κ2) is 5.63. The lowest BCUT2D eigenvalue weighted by molar-refractivity contribution is -0.141. The fourth-order valence-electron chi connectivity index (χ4n) is 2.55. The molecule has 1 aliphatic rings. The highest BCUT2D eigenvalue weighted by Crippen LogP contribution is 2.42. The predicted molar refractivity (Wildman–Crippen MR) is 73.6 cm³/mol. The van der Waals surface area contributed by atoms with E-state index < -0.39 is 17.9 Å². The minimum Gasteiger partial charge on any atom is -0.507 e. The van der Waals surface area contributed by atoms with Gasteiger partial charge in [-0.15, -0.1) is 0 Å². The fourth-order valence-corrected chi connectivity index (χ4v) is 2.55. The molecule has 0 fully saturated rings. The average Bonchev–Trinajstić information content (AvgIpc) is 2.83. The van der Waals surface area contributed by atoms with Gasteiger partial charge in [0.25, 0.3) is 0 Å². The Kier molecular flexibility index (Phi) is 4.06. The van der Waals surface area contributed by atoms with E-state index in [2.05, 4.69) is 0 Å². The van der Waals surface area contributed by atoms with Gasteiger partial charge in [0.15, 0.2) is 0 Å². The number of cyclic esters (lactones) is 1. The molecule has 1 aromatic carbocycles. The van der Waals surface area contributed by atoms with Gasteiger partial charge in [0, 0.05) is 11.1 Å². The lowest BCUT2D eigenvalue weighted by Crippen LogP contribution is -2.11. The molecule has 2 N–H and O–H groups in total. The first kappa shape index (κ1) is 15.2. The zero-order chi connectivity index (χ0) is 15.7. The Bertz CT molecular complexity index is 605. The molecule has 0 amide bonds. The van der Waals surface area contributed by atoms with E-state index in [0.717, 1.165) is 5.56 Å². The summed E-state index contributed by atoms with van der Waals surface area (Å²) >= 11 is 0. The number of hydrogen-bond acceptors (Lipinski definition) is 5. The summed E-state index contributed by atoms with van der Waals surface area (Å²) in [5, 5.41) is 19.3. The Labute approximate surface area is 122 Å². The van der Waals surface area contributed by atoms with Crippen LogP contribution in [-0.4, -0.2) is 29.3 Å². The lowest BCUT2D eigenvalue weighted by atomic mass is 9.92. The number of aliphatic carboxylic acids is 1. The van der Waals surface area contributed by atoms with Crippen LogP contribution in [0.2, 0.25) is 0 Å². The summed E-state index contributed by atoms with van der Waals surface area (Å²) in [6.07, 6.45) is 0.649. The van der Waals surface area contributed by atoms with E-state index in [1.54, 1.807) is 13.8 Å². The van der Waals surface area contributed by atoms with Gasteiger partial charge in [0.2, 0.25) is 0 Å². The number of benzene rings is 1.